The van der Waals surface area contributed by atoms with E-state index in [-0.39, 0.29) is 39.3 Å². The fourth-order valence-corrected chi connectivity index (χ4v) is 8.16. The molecule has 0 saturated carbocycles. The van der Waals surface area contributed by atoms with Crippen LogP contribution in [0, 0.1) is 19.7 Å². The Labute approximate surface area is 372 Å². The standard InChI is InChI=1S/C23H16F4N2O3S.C23H18F3N3O3S/c1-13-12-28-22-17(7-4-8-18(22)23(25,26)27)21(13)14-5-3-6-16(9-14)32-19-10-15(24)11-20(29-19)33(2,30)31;1-13-12-28-22-17(7-4-8-18(22)23(24,25)26)21(13)14-5-3-6-16(9-14)32-19-10-15(27)11-20(29-19)33(2,30)31/h3-12H,1-2H3;3-12H,1-2H3,(H2,27,29). The number of halogens is 7. The van der Waals surface area contributed by atoms with Gasteiger partial charge in [-0.05, 0) is 89.7 Å². The normalized spacial score (nSPS) is 12.2. The van der Waals surface area contributed by atoms with Gasteiger partial charge in [0.1, 0.15) is 17.3 Å². The molecule has 0 fully saturated rings. The van der Waals surface area contributed by atoms with Crippen LogP contribution >= 0.6 is 0 Å². The first-order chi connectivity index (χ1) is 30.9. The van der Waals surface area contributed by atoms with Gasteiger partial charge in [-0.1, -0.05) is 48.5 Å². The average Bonchev–Trinajstić information content (AvgIpc) is 3.22. The van der Waals surface area contributed by atoms with Crippen molar-refractivity contribution in [3.8, 4) is 45.5 Å². The fourth-order valence-electron chi connectivity index (χ4n) is 6.98. The lowest BCUT2D eigenvalue weighted by molar-refractivity contribution is -0.137. The minimum atomic E-state index is -4.57. The van der Waals surface area contributed by atoms with E-state index in [2.05, 4.69) is 19.9 Å². The number of ether oxygens (including phenoxy) is 2. The van der Waals surface area contributed by atoms with Gasteiger partial charge in [0.15, 0.2) is 29.7 Å². The Morgan fingerprint density at radius 3 is 1.38 bits per heavy atom. The van der Waals surface area contributed by atoms with Gasteiger partial charge in [-0.15, -0.1) is 0 Å². The topological polar surface area (TPSA) is 164 Å². The van der Waals surface area contributed by atoms with Gasteiger partial charge in [-0.25, -0.2) is 31.2 Å². The molecular weight excluding hydrogens is 916 g/mol. The molecule has 0 atom stereocenters. The number of fused-ring (bicyclic) bond motifs is 2. The average molecular weight is 950 g/mol. The Hall–Kier alpha value is -7.19. The van der Waals surface area contributed by atoms with Crippen LogP contribution in [0.3, 0.4) is 0 Å². The molecule has 4 aromatic heterocycles. The molecular formula is C46H34F7N5O6S2. The van der Waals surface area contributed by atoms with E-state index >= 15 is 0 Å². The van der Waals surface area contributed by atoms with Crippen LogP contribution in [0.4, 0.5) is 36.4 Å². The number of nitrogens with two attached hydrogens (primary N) is 1. The molecule has 66 heavy (non-hydrogen) atoms. The van der Waals surface area contributed by atoms with E-state index in [1.54, 1.807) is 68.4 Å². The molecule has 0 amide bonds. The van der Waals surface area contributed by atoms with E-state index in [9.17, 15) is 47.6 Å². The Morgan fingerprint density at radius 1 is 0.545 bits per heavy atom. The zero-order valence-corrected chi connectivity index (χ0v) is 36.5. The van der Waals surface area contributed by atoms with Crippen LogP contribution in [0.1, 0.15) is 22.3 Å². The molecule has 0 aliphatic carbocycles. The first-order valence-electron chi connectivity index (χ1n) is 19.2. The summed E-state index contributed by atoms with van der Waals surface area (Å²) in [6.07, 6.45) is -4.44. The van der Waals surface area contributed by atoms with Crippen LogP contribution in [-0.2, 0) is 32.0 Å². The smallest absolute Gasteiger partial charge is 0.418 e. The Balaban J connectivity index is 0.000000196. The molecule has 8 aromatic rings. The second-order valence-corrected chi connectivity index (χ2v) is 18.8. The Kier molecular flexibility index (Phi) is 12.5. The minimum absolute atomic E-state index is 0.0248. The van der Waals surface area contributed by atoms with Crippen molar-refractivity contribution in [1.82, 2.24) is 19.9 Å². The van der Waals surface area contributed by atoms with Crippen molar-refractivity contribution in [3.63, 3.8) is 0 Å². The summed E-state index contributed by atoms with van der Waals surface area (Å²) in [6.45, 7) is 3.48. The second-order valence-electron chi connectivity index (χ2n) is 14.9. The molecule has 0 radical (unpaired) electrons. The maximum Gasteiger partial charge on any atom is 0.418 e. The molecule has 4 heterocycles. The third-order valence-corrected chi connectivity index (χ3v) is 11.7. The van der Waals surface area contributed by atoms with Gasteiger partial charge in [-0.2, -0.15) is 26.3 Å². The van der Waals surface area contributed by atoms with Crippen LogP contribution < -0.4 is 15.2 Å². The summed E-state index contributed by atoms with van der Waals surface area (Å²) in [4.78, 5) is 15.8. The Morgan fingerprint density at radius 2 is 0.955 bits per heavy atom. The zero-order valence-electron chi connectivity index (χ0n) is 34.8. The molecule has 8 rings (SSSR count). The zero-order chi connectivity index (χ0) is 47.9. The number of rotatable bonds is 8. The predicted molar refractivity (Wildman–Crippen MR) is 233 cm³/mol. The van der Waals surface area contributed by atoms with Crippen LogP contribution in [0.2, 0.25) is 0 Å². The lowest BCUT2D eigenvalue weighted by Crippen LogP contribution is -2.07. The highest BCUT2D eigenvalue weighted by Gasteiger charge is 2.35. The summed E-state index contributed by atoms with van der Waals surface area (Å²) in [5, 5.41) is -0.0535. The number of pyridine rings is 4. The highest BCUT2D eigenvalue weighted by atomic mass is 32.2. The maximum atomic E-state index is 13.9. The lowest BCUT2D eigenvalue weighted by Gasteiger charge is -2.15. The van der Waals surface area contributed by atoms with E-state index in [4.69, 9.17) is 15.2 Å². The van der Waals surface area contributed by atoms with Crippen molar-refractivity contribution in [2.45, 2.75) is 36.3 Å². The third kappa shape index (κ3) is 10.3. The lowest BCUT2D eigenvalue weighted by atomic mass is 9.95. The summed E-state index contributed by atoms with van der Waals surface area (Å²) in [6, 6.07) is 25.2. The van der Waals surface area contributed by atoms with Crippen LogP contribution in [-0.4, -0.2) is 49.3 Å². The molecule has 4 aromatic carbocycles. The molecule has 0 unspecified atom stereocenters. The SMILES string of the molecule is Cc1cnc2c(C(F)(F)F)cccc2c1-c1cccc(Oc2cc(F)cc(S(C)(=O)=O)n2)c1.Cc1cnc2c(C(F)(F)F)cccc2c1-c1cccc(Oc2cc(N)cc(S(C)(=O)=O)n2)c1. The summed E-state index contributed by atoms with van der Waals surface area (Å²) in [7, 11) is -7.37. The monoisotopic (exact) mass is 949 g/mol. The number of nitrogens with zero attached hydrogens (tertiary/aromatic N) is 4. The number of anilines is 1. The maximum absolute atomic E-state index is 13.9. The van der Waals surface area contributed by atoms with Gasteiger partial charge in [0.2, 0.25) is 11.8 Å². The van der Waals surface area contributed by atoms with Crippen LogP contribution in [0.25, 0.3) is 44.1 Å². The number of alkyl halides is 6. The third-order valence-electron chi connectivity index (χ3n) is 9.78. The number of para-hydroxylation sites is 2. The largest absolute Gasteiger partial charge is 0.439 e. The van der Waals surface area contributed by atoms with Gasteiger partial charge in [0.25, 0.3) is 0 Å². The molecule has 0 aliphatic rings. The molecule has 0 saturated heterocycles. The van der Waals surface area contributed by atoms with Crippen molar-refractivity contribution in [2.24, 2.45) is 0 Å². The molecule has 11 nitrogen and oxygen atoms in total. The summed E-state index contributed by atoms with van der Waals surface area (Å²) in [5.41, 5.74) is 7.52. The molecule has 0 bridgehead atoms. The number of nitrogen functional groups attached to an aromatic ring is 1. The molecule has 340 valence electrons. The van der Waals surface area contributed by atoms with E-state index in [0.29, 0.717) is 49.9 Å². The molecule has 20 heteroatoms. The quantitative estimate of drug-likeness (QED) is 0.144. The van der Waals surface area contributed by atoms with E-state index in [0.717, 1.165) is 36.8 Å². The summed E-state index contributed by atoms with van der Waals surface area (Å²) in [5.74, 6) is -0.638. The molecule has 0 spiro atoms. The number of aryl methyl sites for hydroxylation is 2. The Bertz CT molecular complexity index is 3200. The van der Waals surface area contributed by atoms with Crippen molar-refractivity contribution >= 4 is 47.2 Å². The van der Waals surface area contributed by atoms with Gasteiger partial charge >= 0.3 is 12.4 Å². The minimum Gasteiger partial charge on any atom is -0.439 e. The number of aromatic nitrogens is 4. The number of sulfone groups is 2. The van der Waals surface area contributed by atoms with Crippen molar-refractivity contribution in [3.05, 3.63) is 150 Å². The predicted octanol–water partition coefficient (Wildman–Crippen LogP) is 11.4. The molecule has 2 N–H and O–H groups in total. The van der Waals surface area contributed by atoms with E-state index in [1.807, 2.05) is 0 Å². The van der Waals surface area contributed by atoms with E-state index in [1.165, 1.54) is 42.7 Å². The van der Waals surface area contributed by atoms with E-state index < -0.39 is 54.0 Å². The number of benzene rings is 4. The van der Waals surface area contributed by atoms with Crippen LogP contribution in [0.5, 0.6) is 23.3 Å². The second kappa shape index (κ2) is 17.7. The highest BCUT2D eigenvalue weighted by molar-refractivity contribution is 7.90. The summed E-state index contributed by atoms with van der Waals surface area (Å²) < 4.78 is 153. The van der Waals surface area contributed by atoms with Crippen LogP contribution in [0.15, 0.2) is 132 Å². The summed E-state index contributed by atoms with van der Waals surface area (Å²) >= 11 is 0. The molecule has 0 aliphatic heterocycles. The first-order valence-corrected chi connectivity index (χ1v) is 23.0. The van der Waals surface area contributed by atoms with Gasteiger partial charge < -0.3 is 15.2 Å². The van der Waals surface area contributed by atoms with Crippen molar-refractivity contribution < 1.29 is 57.0 Å². The highest BCUT2D eigenvalue weighted by Crippen LogP contribution is 2.41. The van der Waals surface area contributed by atoms with Crippen molar-refractivity contribution in [1.29, 1.82) is 0 Å². The van der Waals surface area contributed by atoms with Crippen molar-refractivity contribution in [2.75, 3.05) is 18.2 Å². The number of hydrogen-bond acceptors (Lipinski definition) is 11. The van der Waals surface area contributed by atoms with Gasteiger partial charge in [-0.3, -0.25) is 9.97 Å². The van der Waals surface area contributed by atoms with Gasteiger partial charge in [0.05, 0.1) is 22.2 Å². The first kappa shape index (κ1) is 46.8. The van der Waals surface area contributed by atoms with Gasteiger partial charge in [0, 0.05) is 59.6 Å². The fraction of sp³-hybridized carbons (Fsp3) is 0.130. The number of hydrogen-bond donors (Lipinski definition) is 1.